The normalized spacial score (nSPS) is 13.5. The molecule has 6 nitrogen and oxygen atoms in total. The van der Waals surface area contributed by atoms with Crippen LogP contribution in [-0.4, -0.2) is 46.1 Å². The topological polar surface area (TPSA) is 67.2 Å². The van der Waals surface area contributed by atoms with Gasteiger partial charge in [0, 0.05) is 24.8 Å². The third-order valence-electron chi connectivity index (χ3n) is 5.16. The van der Waals surface area contributed by atoms with E-state index in [2.05, 4.69) is 10.4 Å². The first kappa shape index (κ1) is 18.9. The number of carbonyl (C=O) groups is 2. The van der Waals surface area contributed by atoms with Crippen LogP contribution in [0, 0.1) is 6.92 Å². The van der Waals surface area contributed by atoms with E-state index in [0.717, 1.165) is 42.7 Å². The fourth-order valence-electron chi connectivity index (χ4n) is 3.51. The van der Waals surface area contributed by atoms with Gasteiger partial charge in [-0.05, 0) is 31.9 Å². The van der Waals surface area contributed by atoms with Crippen molar-refractivity contribution in [3.63, 3.8) is 0 Å². The van der Waals surface area contributed by atoms with Crippen molar-refractivity contribution in [2.24, 2.45) is 0 Å². The lowest BCUT2D eigenvalue weighted by molar-refractivity contribution is -0.129. The second kappa shape index (κ2) is 8.31. The van der Waals surface area contributed by atoms with E-state index in [1.54, 1.807) is 15.8 Å². The molecule has 1 saturated heterocycles. The van der Waals surface area contributed by atoms with E-state index < -0.39 is 0 Å². The molecule has 1 aliphatic rings. The van der Waals surface area contributed by atoms with E-state index in [1.807, 2.05) is 61.5 Å². The van der Waals surface area contributed by atoms with Gasteiger partial charge >= 0.3 is 0 Å². The van der Waals surface area contributed by atoms with Crippen molar-refractivity contribution in [1.82, 2.24) is 20.0 Å². The fourth-order valence-corrected chi connectivity index (χ4v) is 3.51. The minimum atomic E-state index is -0.297. The predicted octanol–water partition coefficient (Wildman–Crippen LogP) is 3.20. The zero-order chi connectivity index (χ0) is 20.2. The lowest BCUT2D eigenvalue weighted by Gasteiger charge is -2.15. The van der Waals surface area contributed by atoms with E-state index in [4.69, 9.17) is 0 Å². The Morgan fingerprint density at radius 2 is 1.69 bits per heavy atom. The first-order valence-corrected chi connectivity index (χ1v) is 9.90. The number of nitrogens with one attached hydrogen (secondary N) is 1. The smallest absolute Gasteiger partial charge is 0.255 e. The number of aryl methyl sites for hydroxylation is 1. The Morgan fingerprint density at radius 3 is 2.38 bits per heavy atom. The summed E-state index contributed by atoms with van der Waals surface area (Å²) < 4.78 is 1.71. The SMILES string of the molecule is Cc1ccc(-n2cc(C(=O)NCC(=O)N3CCCC3)c(-c3ccccc3)n2)cc1. The highest BCUT2D eigenvalue weighted by molar-refractivity contribution is 6.01. The van der Waals surface area contributed by atoms with Crippen molar-refractivity contribution in [2.75, 3.05) is 19.6 Å². The van der Waals surface area contributed by atoms with Gasteiger partial charge in [-0.15, -0.1) is 0 Å². The molecule has 6 heteroatoms. The van der Waals surface area contributed by atoms with Crippen LogP contribution in [0.15, 0.2) is 60.8 Å². The quantitative estimate of drug-likeness (QED) is 0.730. The van der Waals surface area contributed by atoms with Crippen molar-refractivity contribution < 1.29 is 9.59 Å². The van der Waals surface area contributed by atoms with Gasteiger partial charge in [0.05, 0.1) is 17.8 Å². The highest BCUT2D eigenvalue weighted by atomic mass is 16.2. The maximum absolute atomic E-state index is 12.9. The second-order valence-electron chi connectivity index (χ2n) is 7.31. The molecule has 0 saturated carbocycles. The number of benzene rings is 2. The summed E-state index contributed by atoms with van der Waals surface area (Å²) >= 11 is 0. The molecule has 1 aliphatic heterocycles. The summed E-state index contributed by atoms with van der Waals surface area (Å²) in [4.78, 5) is 27.0. The number of rotatable bonds is 5. The van der Waals surface area contributed by atoms with Crippen molar-refractivity contribution in [3.8, 4) is 16.9 Å². The van der Waals surface area contributed by atoms with Crippen LogP contribution in [0.5, 0.6) is 0 Å². The molecule has 2 amide bonds. The molecule has 1 fully saturated rings. The largest absolute Gasteiger partial charge is 0.343 e. The maximum Gasteiger partial charge on any atom is 0.255 e. The van der Waals surface area contributed by atoms with E-state index in [9.17, 15) is 9.59 Å². The monoisotopic (exact) mass is 388 g/mol. The summed E-state index contributed by atoms with van der Waals surface area (Å²) in [5.41, 5.74) is 3.93. The van der Waals surface area contributed by atoms with Gasteiger partial charge in [-0.3, -0.25) is 9.59 Å². The summed E-state index contributed by atoms with van der Waals surface area (Å²) in [5, 5.41) is 7.44. The molecule has 29 heavy (non-hydrogen) atoms. The zero-order valence-corrected chi connectivity index (χ0v) is 16.5. The summed E-state index contributed by atoms with van der Waals surface area (Å²) in [6, 6.07) is 17.6. The number of hydrogen-bond donors (Lipinski definition) is 1. The highest BCUT2D eigenvalue weighted by Crippen LogP contribution is 2.24. The van der Waals surface area contributed by atoms with Crippen molar-refractivity contribution in [3.05, 3.63) is 71.9 Å². The van der Waals surface area contributed by atoms with Crippen LogP contribution in [0.25, 0.3) is 16.9 Å². The molecule has 1 N–H and O–H groups in total. The lowest BCUT2D eigenvalue weighted by atomic mass is 10.1. The molecule has 0 bridgehead atoms. The van der Waals surface area contributed by atoms with Gasteiger partial charge in [-0.2, -0.15) is 5.10 Å². The molecule has 0 radical (unpaired) electrons. The van der Waals surface area contributed by atoms with Gasteiger partial charge in [0.2, 0.25) is 5.91 Å². The summed E-state index contributed by atoms with van der Waals surface area (Å²) in [5.74, 6) is -0.335. The van der Waals surface area contributed by atoms with Gasteiger partial charge in [0.25, 0.3) is 5.91 Å². The van der Waals surface area contributed by atoms with Crippen LogP contribution in [0.2, 0.25) is 0 Å². The number of nitrogens with zero attached hydrogens (tertiary/aromatic N) is 3. The summed E-state index contributed by atoms with van der Waals surface area (Å²) in [6.07, 6.45) is 3.78. The van der Waals surface area contributed by atoms with E-state index in [0.29, 0.717) is 11.3 Å². The van der Waals surface area contributed by atoms with Crippen LogP contribution in [0.4, 0.5) is 0 Å². The van der Waals surface area contributed by atoms with Crippen LogP contribution >= 0.6 is 0 Å². The third kappa shape index (κ3) is 4.21. The molecule has 148 valence electrons. The highest BCUT2D eigenvalue weighted by Gasteiger charge is 2.22. The minimum absolute atomic E-state index is 0.00275. The fraction of sp³-hybridized carbons (Fsp3) is 0.261. The second-order valence-corrected chi connectivity index (χ2v) is 7.31. The molecule has 1 aromatic heterocycles. The number of carbonyl (C=O) groups excluding carboxylic acids is 2. The first-order chi connectivity index (χ1) is 14.1. The summed E-state index contributed by atoms with van der Waals surface area (Å²) in [6.45, 7) is 3.58. The van der Waals surface area contributed by atoms with Crippen LogP contribution < -0.4 is 5.32 Å². The van der Waals surface area contributed by atoms with E-state index >= 15 is 0 Å². The van der Waals surface area contributed by atoms with Crippen LogP contribution in [0.1, 0.15) is 28.8 Å². The number of aromatic nitrogens is 2. The van der Waals surface area contributed by atoms with Crippen molar-refractivity contribution in [2.45, 2.75) is 19.8 Å². The number of amides is 2. The van der Waals surface area contributed by atoms with Crippen LogP contribution in [0.3, 0.4) is 0 Å². The Balaban J connectivity index is 1.60. The van der Waals surface area contributed by atoms with Gasteiger partial charge < -0.3 is 10.2 Å². The van der Waals surface area contributed by atoms with Gasteiger partial charge in [-0.25, -0.2) is 4.68 Å². The predicted molar refractivity (Wildman–Crippen MR) is 112 cm³/mol. The minimum Gasteiger partial charge on any atom is -0.343 e. The Labute approximate surface area is 170 Å². The Kier molecular flexibility index (Phi) is 5.42. The number of hydrogen-bond acceptors (Lipinski definition) is 3. The average molecular weight is 388 g/mol. The molecule has 3 aromatic rings. The first-order valence-electron chi connectivity index (χ1n) is 9.90. The van der Waals surface area contributed by atoms with Crippen molar-refractivity contribution >= 4 is 11.8 Å². The molecule has 0 aliphatic carbocycles. The molecular weight excluding hydrogens is 364 g/mol. The van der Waals surface area contributed by atoms with E-state index in [1.165, 1.54) is 0 Å². The Morgan fingerprint density at radius 1 is 1.00 bits per heavy atom. The Bertz CT molecular complexity index is 1000. The molecule has 2 aromatic carbocycles. The Hall–Kier alpha value is -3.41. The lowest BCUT2D eigenvalue weighted by Crippen LogP contribution is -2.38. The average Bonchev–Trinajstić information content (AvgIpc) is 3.43. The molecular formula is C23H24N4O2. The van der Waals surface area contributed by atoms with Gasteiger partial charge in [0.15, 0.2) is 0 Å². The zero-order valence-electron chi connectivity index (χ0n) is 16.5. The van der Waals surface area contributed by atoms with Gasteiger partial charge in [0.1, 0.15) is 5.69 Å². The van der Waals surface area contributed by atoms with Crippen molar-refractivity contribution in [1.29, 1.82) is 0 Å². The molecule has 0 unspecified atom stereocenters. The van der Waals surface area contributed by atoms with E-state index in [-0.39, 0.29) is 18.4 Å². The molecule has 0 spiro atoms. The van der Waals surface area contributed by atoms with Crippen LogP contribution in [-0.2, 0) is 4.79 Å². The molecule has 0 atom stereocenters. The molecule has 4 rings (SSSR count). The standard InChI is InChI=1S/C23H24N4O2/c1-17-9-11-19(12-10-17)27-16-20(22(25-27)18-7-3-2-4-8-18)23(29)24-15-21(28)26-13-5-6-14-26/h2-4,7-12,16H,5-6,13-15H2,1H3,(H,24,29). The third-order valence-corrected chi connectivity index (χ3v) is 5.16. The molecule has 2 heterocycles. The van der Waals surface area contributed by atoms with Gasteiger partial charge in [-0.1, -0.05) is 48.0 Å². The maximum atomic E-state index is 12.9. The number of likely N-dealkylation sites (tertiary alicyclic amines) is 1. The summed E-state index contributed by atoms with van der Waals surface area (Å²) in [7, 11) is 0.